The van der Waals surface area contributed by atoms with Crippen LogP contribution in [-0.2, 0) is 18.4 Å². The van der Waals surface area contributed by atoms with Gasteiger partial charge in [0.05, 0.1) is 0 Å². The zero-order chi connectivity index (χ0) is 11.1. The van der Waals surface area contributed by atoms with Gasteiger partial charge in [-0.3, -0.25) is 0 Å². The fourth-order valence-electron chi connectivity index (χ4n) is 2.29. The van der Waals surface area contributed by atoms with Crippen LogP contribution in [-0.4, -0.2) is 5.11 Å². The molecule has 0 amide bonds. The molecule has 0 spiro atoms. The standard InChI is InChI=1S/C13H19NO/c1-13(2,14)11-7-9-5-3-4-6-10(9)8-12(11)15/h7-8,15H,3-6,14H2,1-2H3. The normalized spacial score (nSPS) is 16.2. The Labute approximate surface area is 91.1 Å². The van der Waals surface area contributed by atoms with E-state index in [-0.39, 0.29) is 0 Å². The number of fused-ring (bicyclic) bond motifs is 1. The maximum absolute atomic E-state index is 9.92. The van der Waals surface area contributed by atoms with Crippen molar-refractivity contribution in [3.05, 3.63) is 28.8 Å². The van der Waals surface area contributed by atoms with Gasteiger partial charge >= 0.3 is 0 Å². The molecule has 2 nitrogen and oxygen atoms in total. The van der Waals surface area contributed by atoms with Gasteiger partial charge in [0.15, 0.2) is 0 Å². The van der Waals surface area contributed by atoms with Crippen LogP contribution in [0.5, 0.6) is 5.75 Å². The molecular formula is C13H19NO. The second-order valence-corrected chi connectivity index (χ2v) is 5.07. The van der Waals surface area contributed by atoms with E-state index in [2.05, 4.69) is 6.07 Å². The SMILES string of the molecule is CC(C)(N)c1cc2c(cc1O)CCCC2. The van der Waals surface area contributed by atoms with Crippen LogP contribution < -0.4 is 5.73 Å². The third-order valence-electron chi connectivity index (χ3n) is 3.15. The first-order chi connectivity index (χ1) is 6.98. The summed E-state index contributed by atoms with van der Waals surface area (Å²) in [5.74, 6) is 0.350. The smallest absolute Gasteiger partial charge is 0.120 e. The van der Waals surface area contributed by atoms with Gasteiger partial charge in [-0.2, -0.15) is 0 Å². The van der Waals surface area contributed by atoms with Gasteiger partial charge < -0.3 is 10.8 Å². The molecule has 0 fully saturated rings. The Morgan fingerprint density at radius 3 is 2.20 bits per heavy atom. The Morgan fingerprint density at radius 1 is 1.13 bits per heavy atom. The van der Waals surface area contributed by atoms with Crippen molar-refractivity contribution >= 4 is 0 Å². The highest BCUT2D eigenvalue weighted by Crippen LogP contribution is 2.33. The van der Waals surface area contributed by atoms with Crippen molar-refractivity contribution < 1.29 is 5.11 Å². The van der Waals surface area contributed by atoms with Gasteiger partial charge in [-0.05, 0) is 56.7 Å². The van der Waals surface area contributed by atoms with E-state index in [4.69, 9.17) is 5.73 Å². The molecule has 0 unspecified atom stereocenters. The van der Waals surface area contributed by atoms with Gasteiger partial charge in [-0.15, -0.1) is 0 Å². The molecule has 15 heavy (non-hydrogen) atoms. The lowest BCUT2D eigenvalue weighted by molar-refractivity contribution is 0.438. The van der Waals surface area contributed by atoms with Crippen molar-refractivity contribution in [2.24, 2.45) is 5.73 Å². The fourth-order valence-corrected chi connectivity index (χ4v) is 2.29. The largest absolute Gasteiger partial charge is 0.508 e. The number of benzene rings is 1. The van der Waals surface area contributed by atoms with E-state index in [1.807, 2.05) is 19.9 Å². The summed E-state index contributed by atoms with van der Waals surface area (Å²) in [5.41, 5.74) is 9.10. The fraction of sp³-hybridized carbons (Fsp3) is 0.538. The molecule has 1 aromatic carbocycles. The second-order valence-electron chi connectivity index (χ2n) is 5.07. The van der Waals surface area contributed by atoms with E-state index >= 15 is 0 Å². The average Bonchev–Trinajstić information content (AvgIpc) is 2.15. The van der Waals surface area contributed by atoms with Crippen molar-refractivity contribution in [1.29, 1.82) is 0 Å². The number of phenolic OH excluding ortho intramolecular Hbond substituents is 1. The number of phenols is 1. The highest BCUT2D eigenvalue weighted by atomic mass is 16.3. The lowest BCUT2D eigenvalue weighted by atomic mass is 9.85. The monoisotopic (exact) mass is 205 g/mol. The van der Waals surface area contributed by atoms with E-state index in [1.165, 1.54) is 24.0 Å². The van der Waals surface area contributed by atoms with Crippen molar-refractivity contribution in [3.63, 3.8) is 0 Å². The van der Waals surface area contributed by atoms with E-state index in [0.717, 1.165) is 18.4 Å². The third-order valence-corrected chi connectivity index (χ3v) is 3.15. The van der Waals surface area contributed by atoms with E-state index in [9.17, 15) is 5.11 Å². The highest BCUT2D eigenvalue weighted by Gasteiger charge is 2.21. The molecule has 0 aliphatic heterocycles. The average molecular weight is 205 g/mol. The highest BCUT2D eigenvalue weighted by molar-refractivity contribution is 5.45. The van der Waals surface area contributed by atoms with Crippen molar-refractivity contribution in [1.82, 2.24) is 0 Å². The van der Waals surface area contributed by atoms with E-state index in [1.54, 1.807) is 0 Å². The van der Waals surface area contributed by atoms with Crippen molar-refractivity contribution in [2.45, 2.75) is 45.1 Å². The molecule has 1 aliphatic carbocycles. The van der Waals surface area contributed by atoms with Crippen molar-refractivity contribution in [2.75, 3.05) is 0 Å². The molecule has 3 N–H and O–H groups in total. The first kappa shape index (κ1) is 10.5. The molecule has 82 valence electrons. The first-order valence-electron chi connectivity index (χ1n) is 5.62. The summed E-state index contributed by atoms with van der Waals surface area (Å²) in [5, 5.41) is 9.92. The minimum Gasteiger partial charge on any atom is -0.508 e. The van der Waals surface area contributed by atoms with Gasteiger partial charge in [-0.25, -0.2) is 0 Å². The molecule has 0 bridgehead atoms. The van der Waals surface area contributed by atoms with E-state index in [0.29, 0.717) is 5.75 Å². The number of hydrogen-bond acceptors (Lipinski definition) is 2. The topological polar surface area (TPSA) is 46.2 Å². The van der Waals surface area contributed by atoms with Gasteiger partial charge in [0.1, 0.15) is 5.75 Å². The molecule has 0 atom stereocenters. The van der Waals surface area contributed by atoms with Crippen LogP contribution in [0.25, 0.3) is 0 Å². The van der Waals surface area contributed by atoms with Crippen LogP contribution in [0.4, 0.5) is 0 Å². The number of rotatable bonds is 1. The molecule has 2 rings (SSSR count). The number of aryl methyl sites for hydroxylation is 2. The molecule has 1 aromatic rings. The van der Waals surface area contributed by atoms with Gasteiger partial charge in [-0.1, -0.05) is 6.07 Å². The molecule has 2 heteroatoms. The van der Waals surface area contributed by atoms with E-state index < -0.39 is 5.54 Å². The Morgan fingerprint density at radius 2 is 1.67 bits per heavy atom. The molecule has 0 aromatic heterocycles. The van der Waals surface area contributed by atoms with Crippen molar-refractivity contribution in [3.8, 4) is 5.75 Å². The molecule has 0 saturated carbocycles. The van der Waals surface area contributed by atoms with Gasteiger partial charge in [0.2, 0.25) is 0 Å². The summed E-state index contributed by atoms with van der Waals surface area (Å²) < 4.78 is 0. The minimum atomic E-state index is -0.462. The summed E-state index contributed by atoms with van der Waals surface area (Å²) in [6.07, 6.45) is 4.70. The van der Waals surface area contributed by atoms with Crippen LogP contribution in [0.15, 0.2) is 12.1 Å². The Kier molecular flexibility index (Phi) is 2.47. The maximum atomic E-state index is 9.92. The predicted octanol–water partition coefficient (Wildman–Crippen LogP) is 2.46. The summed E-state index contributed by atoms with van der Waals surface area (Å²) >= 11 is 0. The quantitative estimate of drug-likeness (QED) is 0.739. The summed E-state index contributed by atoms with van der Waals surface area (Å²) in [6.45, 7) is 3.86. The number of nitrogens with two attached hydrogens (primary N) is 1. The first-order valence-corrected chi connectivity index (χ1v) is 5.62. The Bertz CT molecular complexity index is 377. The van der Waals surface area contributed by atoms with Crippen LogP contribution in [0.2, 0.25) is 0 Å². The number of hydrogen-bond donors (Lipinski definition) is 2. The van der Waals surface area contributed by atoms with Crippen LogP contribution in [0.1, 0.15) is 43.4 Å². The summed E-state index contributed by atoms with van der Waals surface area (Å²) in [7, 11) is 0. The molecule has 0 saturated heterocycles. The van der Waals surface area contributed by atoms with Crippen LogP contribution >= 0.6 is 0 Å². The van der Waals surface area contributed by atoms with Crippen LogP contribution in [0.3, 0.4) is 0 Å². The molecule has 0 radical (unpaired) electrons. The maximum Gasteiger partial charge on any atom is 0.120 e. The molecule has 0 heterocycles. The molecule has 1 aliphatic rings. The molecular weight excluding hydrogens is 186 g/mol. The summed E-state index contributed by atoms with van der Waals surface area (Å²) in [4.78, 5) is 0. The Hall–Kier alpha value is -1.02. The number of aromatic hydroxyl groups is 1. The lowest BCUT2D eigenvalue weighted by Gasteiger charge is -2.24. The lowest BCUT2D eigenvalue weighted by Crippen LogP contribution is -2.29. The second kappa shape index (κ2) is 3.53. The zero-order valence-electron chi connectivity index (χ0n) is 9.51. The zero-order valence-corrected chi connectivity index (χ0v) is 9.51. The summed E-state index contributed by atoms with van der Waals surface area (Å²) in [6, 6.07) is 3.99. The van der Waals surface area contributed by atoms with Gasteiger partial charge in [0.25, 0.3) is 0 Å². The third kappa shape index (κ3) is 2.00. The Balaban J connectivity index is 2.50. The predicted molar refractivity (Wildman–Crippen MR) is 62.0 cm³/mol. The van der Waals surface area contributed by atoms with Gasteiger partial charge in [0, 0.05) is 11.1 Å². The van der Waals surface area contributed by atoms with Crippen LogP contribution in [0, 0.1) is 0 Å². The minimum absolute atomic E-state index is 0.350.